The predicted molar refractivity (Wildman–Crippen MR) is 221 cm³/mol. The molecule has 3 saturated heterocycles. The lowest BCUT2D eigenvalue weighted by Gasteiger charge is -2.47. The molecule has 0 aliphatic carbocycles. The van der Waals surface area contributed by atoms with Gasteiger partial charge in [-0.05, 0) is 78.6 Å². The topological polar surface area (TPSA) is 340 Å². The molecule has 0 bridgehead atoms. The van der Waals surface area contributed by atoms with E-state index in [2.05, 4.69) is 0 Å². The third kappa shape index (κ3) is 12.2. The normalized spacial score (nSPS) is 31.5. The molecule has 3 aromatic carbocycles. The summed E-state index contributed by atoms with van der Waals surface area (Å²) in [6, 6.07) is 12.0. The number of carbonyl (C=O) groups is 2. The van der Waals surface area contributed by atoms with Crippen LogP contribution in [-0.4, -0.2) is 181 Å². The third-order valence-electron chi connectivity index (χ3n) is 10.8. The number of hydrogen-bond acceptors (Lipinski definition) is 22. The number of methoxy groups -OCH3 is 1. The zero-order valence-electron chi connectivity index (χ0n) is 35.3. The van der Waals surface area contributed by atoms with E-state index in [1.54, 1.807) is 0 Å². The van der Waals surface area contributed by atoms with Gasteiger partial charge in [-0.15, -0.1) is 0 Å². The molecule has 3 fully saturated rings. The number of aliphatic hydroxyl groups excluding tert-OH is 6. The molecule has 6 rings (SSSR count). The lowest BCUT2D eigenvalue weighted by atomic mass is 9.96. The highest BCUT2D eigenvalue weighted by molar-refractivity contribution is 5.88. The second-order valence-corrected chi connectivity index (χ2v) is 15.5. The van der Waals surface area contributed by atoms with Gasteiger partial charge in [-0.2, -0.15) is 0 Å². The molecule has 3 heterocycles. The Kier molecular flexibility index (Phi) is 16.8. The minimum Gasteiger partial charge on any atom is -0.504 e. The molecule has 14 atom stereocenters. The highest BCUT2D eigenvalue weighted by atomic mass is 16.8. The second-order valence-electron chi connectivity index (χ2n) is 15.5. The molecule has 0 saturated carbocycles. The number of rotatable bonds is 16. The van der Waals surface area contributed by atoms with Crippen molar-refractivity contribution in [3.63, 3.8) is 0 Å². The maximum absolute atomic E-state index is 13.5. The molecule has 0 amide bonds. The first-order chi connectivity index (χ1) is 31.4. The molecule has 0 radical (unpaired) electrons. The number of ether oxygens (including phenoxy) is 9. The first-order valence-corrected chi connectivity index (χ1v) is 20.5. The lowest BCUT2D eigenvalue weighted by Crippen LogP contribution is -2.65. The summed E-state index contributed by atoms with van der Waals surface area (Å²) >= 11 is 0. The Bertz CT molecular complexity index is 2180. The van der Waals surface area contributed by atoms with Crippen molar-refractivity contribution in [2.75, 3.05) is 26.9 Å². The quantitative estimate of drug-likeness (QED) is 0.0486. The van der Waals surface area contributed by atoms with Crippen molar-refractivity contribution in [1.82, 2.24) is 0 Å². The summed E-state index contributed by atoms with van der Waals surface area (Å²) in [6.07, 6.45) is -18.8. The lowest BCUT2D eigenvalue weighted by molar-refractivity contribution is -0.362. The number of phenolic OH excluding ortho intramolecular Hbond substituents is 5. The predicted octanol–water partition coefficient (Wildman–Crippen LogP) is -0.574. The van der Waals surface area contributed by atoms with Gasteiger partial charge in [-0.1, -0.05) is 18.2 Å². The molecule has 66 heavy (non-hydrogen) atoms. The van der Waals surface area contributed by atoms with Gasteiger partial charge >= 0.3 is 11.9 Å². The van der Waals surface area contributed by atoms with Gasteiger partial charge in [0.1, 0.15) is 48.8 Å². The Hall–Kier alpha value is -5.60. The van der Waals surface area contributed by atoms with Gasteiger partial charge in [0.2, 0.25) is 0 Å². The van der Waals surface area contributed by atoms with E-state index < -0.39 is 128 Å². The maximum Gasteiger partial charge on any atom is 0.331 e. The van der Waals surface area contributed by atoms with Crippen molar-refractivity contribution < 1.29 is 108 Å². The van der Waals surface area contributed by atoms with Crippen LogP contribution < -0.4 is 4.74 Å². The molecular weight excluding hydrogens is 880 g/mol. The van der Waals surface area contributed by atoms with Gasteiger partial charge in [-0.3, -0.25) is 0 Å². The Morgan fingerprint density at radius 2 is 1.26 bits per heavy atom. The third-order valence-corrected chi connectivity index (χ3v) is 10.8. The van der Waals surface area contributed by atoms with Gasteiger partial charge < -0.3 is 98.8 Å². The molecular formula is C44H52O22. The summed E-state index contributed by atoms with van der Waals surface area (Å²) in [4.78, 5) is 26.6. The summed E-state index contributed by atoms with van der Waals surface area (Å²) in [5, 5.41) is 114. The van der Waals surface area contributed by atoms with E-state index in [9.17, 15) is 65.8 Å². The molecule has 0 aromatic heterocycles. The number of hydrogen-bond donors (Lipinski definition) is 11. The Labute approximate surface area is 376 Å². The summed E-state index contributed by atoms with van der Waals surface area (Å²) in [5.41, 5.74) is 1.17. The molecule has 0 spiro atoms. The molecule has 3 aliphatic rings. The van der Waals surface area contributed by atoms with Crippen LogP contribution in [0.2, 0.25) is 0 Å². The summed E-state index contributed by atoms with van der Waals surface area (Å²) in [7, 11) is 1.34. The number of benzene rings is 3. The van der Waals surface area contributed by atoms with E-state index >= 15 is 0 Å². The van der Waals surface area contributed by atoms with Crippen molar-refractivity contribution in [3.05, 3.63) is 83.4 Å². The zero-order valence-corrected chi connectivity index (χ0v) is 35.3. The smallest absolute Gasteiger partial charge is 0.331 e. The first kappa shape index (κ1) is 49.8. The van der Waals surface area contributed by atoms with Crippen molar-refractivity contribution in [2.45, 2.75) is 99.4 Å². The summed E-state index contributed by atoms with van der Waals surface area (Å²) in [6.45, 7) is -0.0243. The number of phenols is 5. The molecule has 3 aromatic rings. The number of aromatic hydroxyl groups is 5. The van der Waals surface area contributed by atoms with Gasteiger partial charge in [0, 0.05) is 12.2 Å². The Morgan fingerprint density at radius 3 is 1.91 bits per heavy atom. The molecule has 0 unspecified atom stereocenters. The van der Waals surface area contributed by atoms with Crippen molar-refractivity contribution in [1.29, 1.82) is 0 Å². The standard InChI is InChI=1S/C44H52O22/c1-20-34(53)36(55)37(56)43(62-20)66-40-38(57)42(59-14-13-23-4-9-25(46)28(49)16-23)63-31(39(40)64-32(51)11-6-21-3-8-24(45)27(48)15-21)19-61-44-41(35(54)29(50)18-60-44)65-33(52)12-7-22-5-10-26(47)30(17-22)58-2/h3-12,15-17,20,29,31,34-50,53-57H,13-14,18-19H2,1-2H3/b11-6+,12-7-/t20-,29-,31+,34-,35-,36+,37+,38+,39+,40+,41+,42+,43-,44-/m0/s1. The Balaban J connectivity index is 1.28. The van der Waals surface area contributed by atoms with Gasteiger partial charge in [-0.25, -0.2) is 9.59 Å². The van der Waals surface area contributed by atoms with Crippen molar-refractivity contribution in [3.8, 4) is 34.5 Å². The maximum atomic E-state index is 13.5. The van der Waals surface area contributed by atoms with E-state index in [0.717, 1.165) is 18.2 Å². The number of aliphatic hydroxyl groups is 6. The molecule has 22 nitrogen and oxygen atoms in total. The van der Waals surface area contributed by atoms with E-state index in [4.69, 9.17) is 42.6 Å². The fraction of sp³-hybridized carbons (Fsp3) is 0.455. The molecule has 11 N–H and O–H groups in total. The van der Waals surface area contributed by atoms with Crippen LogP contribution >= 0.6 is 0 Å². The minimum atomic E-state index is -1.91. The fourth-order valence-corrected chi connectivity index (χ4v) is 7.10. The van der Waals surface area contributed by atoms with Gasteiger partial charge in [0.05, 0.1) is 33.0 Å². The SMILES string of the molecule is COc1cc(/C=C\C(=O)O[C@H]2[C@H](OC[C@H]3O[C@@H](OCCc4ccc(O)c(O)c4)[C@H](O)[C@@H](O[C@@H]4O[C@@H](C)[C@H](O)[C@@H](O)[C@H]4O)[C@@H]3OC(=O)/C=C/c3ccc(O)c(O)c3)OC[C@H](O)[C@@H]2O)ccc1O. The monoisotopic (exact) mass is 932 g/mol. The van der Waals surface area contributed by atoms with Crippen LogP contribution in [0.5, 0.6) is 34.5 Å². The van der Waals surface area contributed by atoms with Gasteiger partial charge in [0.25, 0.3) is 0 Å². The fourth-order valence-electron chi connectivity index (χ4n) is 7.10. The van der Waals surface area contributed by atoms with Crippen LogP contribution in [0.3, 0.4) is 0 Å². The van der Waals surface area contributed by atoms with Crippen LogP contribution in [0.4, 0.5) is 0 Å². The van der Waals surface area contributed by atoms with E-state index in [0.29, 0.717) is 11.1 Å². The van der Waals surface area contributed by atoms with E-state index in [1.165, 1.54) is 74.7 Å². The summed E-state index contributed by atoms with van der Waals surface area (Å²) < 4.78 is 51.7. The van der Waals surface area contributed by atoms with Crippen molar-refractivity contribution in [2.24, 2.45) is 0 Å². The number of esters is 2. The average molecular weight is 933 g/mol. The summed E-state index contributed by atoms with van der Waals surface area (Å²) in [5.74, 6) is -3.81. The van der Waals surface area contributed by atoms with E-state index in [-0.39, 0.29) is 35.8 Å². The Morgan fingerprint density at radius 1 is 0.636 bits per heavy atom. The van der Waals surface area contributed by atoms with Crippen LogP contribution in [0, 0.1) is 0 Å². The van der Waals surface area contributed by atoms with Crippen LogP contribution in [0.25, 0.3) is 12.2 Å². The number of carbonyl (C=O) groups excluding carboxylic acids is 2. The van der Waals surface area contributed by atoms with Crippen molar-refractivity contribution >= 4 is 24.1 Å². The first-order valence-electron chi connectivity index (χ1n) is 20.5. The second kappa shape index (κ2) is 22.3. The average Bonchev–Trinajstić information content (AvgIpc) is 3.29. The highest BCUT2D eigenvalue weighted by Gasteiger charge is 2.53. The largest absolute Gasteiger partial charge is 0.504 e. The highest BCUT2D eigenvalue weighted by Crippen LogP contribution is 2.34. The van der Waals surface area contributed by atoms with Crippen LogP contribution in [-0.2, 0) is 53.9 Å². The molecule has 3 aliphatic heterocycles. The molecule has 22 heteroatoms. The van der Waals surface area contributed by atoms with Gasteiger partial charge in [0.15, 0.2) is 65.6 Å². The van der Waals surface area contributed by atoms with Crippen LogP contribution in [0.15, 0.2) is 66.7 Å². The van der Waals surface area contributed by atoms with E-state index in [1.807, 2.05) is 0 Å². The molecule has 360 valence electrons. The zero-order chi connectivity index (χ0) is 47.8. The minimum absolute atomic E-state index is 0.0904. The van der Waals surface area contributed by atoms with Crippen LogP contribution in [0.1, 0.15) is 23.6 Å².